The van der Waals surface area contributed by atoms with Crippen molar-refractivity contribution >= 4 is 5.96 Å². The molecule has 0 atom stereocenters. The first-order valence-electron chi connectivity index (χ1n) is 9.03. The van der Waals surface area contributed by atoms with Crippen LogP contribution in [-0.4, -0.2) is 54.8 Å². The van der Waals surface area contributed by atoms with Crippen LogP contribution in [0.4, 0.5) is 0 Å². The second-order valence-corrected chi connectivity index (χ2v) is 6.52. The van der Waals surface area contributed by atoms with Gasteiger partial charge in [0.15, 0.2) is 17.5 Å². The van der Waals surface area contributed by atoms with E-state index in [1.165, 1.54) is 0 Å². The molecule has 0 heterocycles. The van der Waals surface area contributed by atoms with E-state index in [1.807, 2.05) is 19.1 Å². The number of aliphatic imine (C=N–C) groups is 1. The summed E-state index contributed by atoms with van der Waals surface area (Å²) in [4.78, 5) is 7.00. The van der Waals surface area contributed by atoms with Crippen LogP contribution in [-0.2, 0) is 6.54 Å². The fraction of sp³-hybridized carbons (Fsp3) is 0.632. The monoisotopic (exact) mass is 350 g/mol. The lowest BCUT2D eigenvalue weighted by Gasteiger charge is -2.30. The number of phenols is 1. The van der Waals surface area contributed by atoms with Gasteiger partial charge < -0.3 is 20.5 Å². The highest BCUT2D eigenvalue weighted by molar-refractivity contribution is 5.79. The Hall–Kier alpha value is -1.95. The molecule has 25 heavy (non-hydrogen) atoms. The number of hydrogen-bond acceptors (Lipinski definition) is 4. The second-order valence-electron chi connectivity index (χ2n) is 6.52. The Balaban J connectivity index is 2.68. The molecule has 0 aliphatic heterocycles. The summed E-state index contributed by atoms with van der Waals surface area (Å²) in [6.07, 6.45) is 0. The number of guanidine groups is 1. The molecular weight excluding hydrogens is 316 g/mol. The molecule has 0 aliphatic carbocycles. The van der Waals surface area contributed by atoms with E-state index in [0.717, 1.165) is 31.2 Å². The van der Waals surface area contributed by atoms with Gasteiger partial charge in [0, 0.05) is 37.3 Å². The highest BCUT2D eigenvalue weighted by Gasteiger charge is 2.13. The van der Waals surface area contributed by atoms with Gasteiger partial charge in [0.2, 0.25) is 0 Å². The number of para-hydroxylation sites is 1. The van der Waals surface area contributed by atoms with Gasteiger partial charge in [-0.25, -0.2) is 4.99 Å². The molecule has 0 fully saturated rings. The zero-order valence-corrected chi connectivity index (χ0v) is 16.5. The van der Waals surface area contributed by atoms with Crippen LogP contribution in [0.2, 0.25) is 0 Å². The minimum atomic E-state index is 0.149. The lowest BCUT2D eigenvalue weighted by molar-refractivity contribution is 0.178. The molecule has 0 radical (unpaired) electrons. The third-order valence-electron chi connectivity index (χ3n) is 4.04. The maximum Gasteiger partial charge on any atom is 0.191 e. The summed E-state index contributed by atoms with van der Waals surface area (Å²) in [6, 6.07) is 6.46. The molecule has 0 amide bonds. The molecule has 0 aliphatic rings. The van der Waals surface area contributed by atoms with Crippen molar-refractivity contribution in [3.63, 3.8) is 0 Å². The van der Waals surface area contributed by atoms with Crippen LogP contribution in [0.25, 0.3) is 0 Å². The minimum Gasteiger partial charge on any atom is -0.504 e. The summed E-state index contributed by atoms with van der Waals surface area (Å²) in [6.45, 7) is 13.8. The van der Waals surface area contributed by atoms with Crippen LogP contribution in [0.1, 0.15) is 40.2 Å². The van der Waals surface area contributed by atoms with E-state index in [-0.39, 0.29) is 5.75 Å². The van der Waals surface area contributed by atoms with Crippen LogP contribution in [0.5, 0.6) is 11.5 Å². The Morgan fingerprint density at radius 2 is 1.88 bits per heavy atom. The fourth-order valence-electron chi connectivity index (χ4n) is 2.78. The lowest BCUT2D eigenvalue weighted by atomic mass is 10.2. The predicted octanol–water partition coefficient (Wildman–Crippen LogP) is 2.57. The second kappa shape index (κ2) is 10.8. The molecular formula is C19H34N4O2. The molecule has 0 unspecified atom stereocenters. The molecule has 6 nitrogen and oxygen atoms in total. The van der Waals surface area contributed by atoms with Crippen molar-refractivity contribution in [2.24, 2.45) is 4.99 Å². The fourth-order valence-corrected chi connectivity index (χ4v) is 2.78. The van der Waals surface area contributed by atoms with E-state index in [4.69, 9.17) is 4.74 Å². The Kier molecular flexibility index (Phi) is 9.13. The van der Waals surface area contributed by atoms with Crippen LogP contribution in [0, 0.1) is 0 Å². The summed E-state index contributed by atoms with van der Waals surface area (Å²) in [5.41, 5.74) is 0.738. The summed E-state index contributed by atoms with van der Waals surface area (Å²) in [5, 5.41) is 16.8. The summed E-state index contributed by atoms with van der Waals surface area (Å²) in [7, 11) is 1.54. The van der Waals surface area contributed by atoms with Crippen molar-refractivity contribution in [2.75, 3.05) is 26.7 Å². The summed E-state index contributed by atoms with van der Waals surface area (Å²) >= 11 is 0. The van der Waals surface area contributed by atoms with Crippen molar-refractivity contribution in [3.05, 3.63) is 23.8 Å². The summed E-state index contributed by atoms with van der Waals surface area (Å²) < 4.78 is 5.14. The Bertz CT molecular complexity index is 536. The van der Waals surface area contributed by atoms with Crippen LogP contribution >= 0.6 is 0 Å². The van der Waals surface area contributed by atoms with E-state index >= 15 is 0 Å². The molecule has 1 aromatic carbocycles. The zero-order valence-electron chi connectivity index (χ0n) is 16.5. The molecule has 0 saturated heterocycles. The molecule has 1 rings (SSSR count). The van der Waals surface area contributed by atoms with Gasteiger partial charge in [-0.05, 0) is 40.7 Å². The van der Waals surface area contributed by atoms with Crippen LogP contribution in [0.15, 0.2) is 23.2 Å². The molecule has 0 saturated carbocycles. The molecule has 0 aromatic heterocycles. The number of nitrogens with zero attached hydrogens (tertiary/aromatic N) is 2. The zero-order chi connectivity index (χ0) is 18.8. The van der Waals surface area contributed by atoms with Crippen LogP contribution in [0.3, 0.4) is 0 Å². The minimum absolute atomic E-state index is 0.149. The average molecular weight is 351 g/mol. The standard InChI is InChI=1S/C19H34N4O2/c1-7-20-19(21-11-12-23(14(2)3)15(4)5)22-13-16-9-8-10-17(25-6)18(16)24/h8-10,14-15,24H,7,11-13H2,1-6H3,(H2,20,21,22). The van der Waals surface area contributed by atoms with Gasteiger partial charge in [0.25, 0.3) is 0 Å². The average Bonchev–Trinajstić information content (AvgIpc) is 2.56. The first-order chi connectivity index (χ1) is 11.9. The smallest absolute Gasteiger partial charge is 0.191 e. The van der Waals surface area contributed by atoms with Crippen molar-refractivity contribution in [1.29, 1.82) is 0 Å². The van der Waals surface area contributed by atoms with Gasteiger partial charge in [-0.3, -0.25) is 4.90 Å². The number of ether oxygens (including phenoxy) is 1. The number of rotatable bonds is 9. The topological polar surface area (TPSA) is 69.1 Å². The number of methoxy groups -OCH3 is 1. The summed E-state index contributed by atoms with van der Waals surface area (Å²) in [5.74, 6) is 1.36. The van der Waals surface area contributed by atoms with Crippen molar-refractivity contribution < 1.29 is 9.84 Å². The van der Waals surface area contributed by atoms with Gasteiger partial charge in [-0.2, -0.15) is 0 Å². The van der Waals surface area contributed by atoms with E-state index in [2.05, 4.69) is 48.2 Å². The van der Waals surface area contributed by atoms with Crippen molar-refractivity contribution in [1.82, 2.24) is 15.5 Å². The van der Waals surface area contributed by atoms with Gasteiger partial charge in [0.1, 0.15) is 0 Å². The molecule has 142 valence electrons. The maximum absolute atomic E-state index is 10.2. The highest BCUT2D eigenvalue weighted by Crippen LogP contribution is 2.29. The maximum atomic E-state index is 10.2. The van der Waals surface area contributed by atoms with Gasteiger partial charge in [-0.1, -0.05) is 12.1 Å². The van der Waals surface area contributed by atoms with E-state index in [9.17, 15) is 5.11 Å². The number of aromatic hydroxyl groups is 1. The number of phenolic OH excluding ortho intramolecular Hbond substituents is 1. The SMILES string of the molecule is CCNC(=NCc1cccc(OC)c1O)NCCN(C(C)C)C(C)C. The third kappa shape index (κ3) is 6.82. The highest BCUT2D eigenvalue weighted by atomic mass is 16.5. The van der Waals surface area contributed by atoms with Crippen molar-refractivity contribution in [3.8, 4) is 11.5 Å². The van der Waals surface area contributed by atoms with Crippen LogP contribution < -0.4 is 15.4 Å². The first kappa shape index (κ1) is 21.1. The number of hydrogen-bond donors (Lipinski definition) is 3. The third-order valence-corrected chi connectivity index (χ3v) is 4.04. The Labute approximate surface area is 152 Å². The van der Waals surface area contributed by atoms with E-state index < -0.39 is 0 Å². The van der Waals surface area contributed by atoms with Gasteiger partial charge in [-0.15, -0.1) is 0 Å². The molecule has 1 aromatic rings. The largest absolute Gasteiger partial charge is 0.504 e. The van der Waals surface area contributed by atoms with Crippen molar-refractivity contribution in [2.45, 2.75) is 53.2 Å². The Morgan fingerprint density at radius 1 is 1.20 bits per heavy atom. The quantitative estimate of drug-likeness (QED) is 0.472. The normalized spacial score (nSPS) is 12.1. The number of nitrogens with one attached hydrogen (secondary N) is 2. The molecule has 0 spiro atoms. The first-order valence-corrected chi connectivity index (χ1v) is 9.03. The van der Waals surface area contributed by atoms with E-state index in [0.29, 0.717) is 24.4 Å². The van der Waals surface area contributed by atoms with Gasteiger partial charge >= 0.3 is 0 Å². The molecule has 0 bridgehead atoms. The Morgan fingerprint density at radius 3 is 2.44 bits per heavy atom. The lowest BCUT2D eigenvalue weighted by Crippen LogP contribution is -2.45. The molecule has 3 N–H and O–H groups in total. The predicted molar refractivity (Wildman–Crippen MR) is 104 cm³/mol. The number of benzene rings is 1. The van der Waals surface area contributed by atoms with Gasteiger partial charge in [0.05, 0.1) is 13.7 Å². The van der Waals surface area contributed by atoms with E-state index in [1.54, 1.807) is 13.2 Å². The molecule has 6 heteroatoms.